The standard InChI is InChI=1S/C16H17N5O2/c1-2-21-10-19-13-14(17-9-18-15(13)21)20-12(16(22)23)8-11-6-4-3-5-7-11/h3-7,9-10,12H,2,8H2,1H3,(H,22,23)(H,17,18,20)/t12-/m0/s1. The number of rotatable bonds is 6. The van der Waals surface area contributed by atoms with Crippen LogP contribution in [0.2, 0.25) is 0 Å². The van der Waals surface area contributed by atoms with E-state index in [-0.39, 0.29) is 0 Å². The third-order valence-corrected chi connectivity index (χ3v) is 3.63. The van der Waals surface area contributed by atoms with Gasteiger partial charge in [-0.3, -0.25) is 0 Å². The smallest absolute Gasteiger partial charge is 0.326 e. The SMILES string of the molecule is CCn1cnc2c(N[C@@H](Cc3ccccc3)C(=O)O)ncnc21. The fourth-order valence-electron chi connectivity index (χ4n) is 2.43. The van der Waals surface area contributed by atoms with Crippen LogP contribution in [0.3, 0.4) is 0 Å². The summed E-state index contributed by atoms with van der Waals surface area (Å²) in [4.78, 5) is 24.2. The fourth-order valence-corrected chi connectivity index (χ4v) is 2.43. The molecular weight excluding hydrogens is 294 g/mol. The van der Waals surface area contributed by atoms with Crippen LogP contribution in [0.5, 0.6) is 0 Å². The molecular formula is C16H17N5O2. The minimum absolute atomic E-state index is 0.357. The van der Waals surface area contributed by atoms with Gasteiger partial charge in [0, 0.05) is 13.0 Å². The Morgan fingerprint density at radius 1 is 1.26 bits per heavy atom. The normalized spacial score (nSPS) is 12.2. The number of anilines is 1. The highest BCUT2D eigenvalue weighted by atomic mass is 16.4. The first-order valence-corrected chi connectivity index (χ1v) is 7.38. The molecule has 3 aromatic rings. The van der Waals surface area contributed by atoms with Crippen molar-refractivity contribution >= 4 is 23.0 Å². The van der Waals surface area contributed by atoms with Gasteiger partial charge in [-0.15, -0.1) is 0 Å². The van der Waals surface area contributed by atoms with Gasteiger partial charge in [-0.25, -0.2) is 19.7 Å². The van der Waals surface area contributed by atoms with E-state index < -0.39 is 12.0 Å². The van der Waals surface area contributed by atoms with Gasteiger partial charge in [-0.1, -0.05) is 30.3 Å². The lowest BCUT2D eigenvalue weighted by Gasteiger charge is -2.15. The summed E-state index contributed by atoms with van der Waals surface area (Å²) in [6.45, 7) is 2.73. The van der Waals surface area contributed by atoms with Crippen LogP contribution in [0.15, 0.2) is 43.0 Å². The average Bonchev–Trinajstić information content (AvgIpc) is 2.99. The summed E-state index contributed by atoms with van der Waals surface area (Å²) in [6, 6.07) is 8.69. The summed E-state index contributed by atoms with van der Waals surface area (Å²) in [7, 11) is 0. The molecule has 0 amide bonds. The Balaban J connectivity index is 1.89. The lowest BCUT2D eigenvalue weighted by molar-refractivity contribution is -0.137. The number of hydrogen-bond donors (Lipinski definition) is 2. The van der Waals surface area contributed by atoms with Crippen LogP contribution in [0.25, 0.3) is 11.2 Å². The topological polar surface area (TPSA) is 92.9 Å². The van der Waals surface area contributed by atoms with Crippen LogP contribution < -0.4 is 5.32 Å². The molecule has 0 fully saturated rings. The largest absolute Gasteiger partial charge is 0.480 e. The maximum Gasteiger partial charge on any atom is 0.326 e. The van der Waals surface area contributed by atoms with E-state index in [4.69, 9.17) is 0 Å². The first-order chi connectivity index (χ1) is 11.2. The second-order valence-corrected chi connectivity index (χ2v) is 5.15. The molecule has 0 aliphatic heterocycles. The number of aliphatic carboxylic acids is 1. The molecule has 2 heterocycles. The van der Waals surface area contributed by atoms with Crippen molar-refractivity contribution < 1.29 is 9.90 Å². The van der Waals surface area contributed by atoms with Crippen molar-refractivity contribution in [2.45, 2.75) is 25.9 Å². The predicted molar refractivity (Wildman–Crippen MR) is 86.2 cm³/mol. The van der Waals surface area contributed by atoms with E-state index in [9.17, 15) is 9.90 Å². The van der Waals surface area contributed by atoms with E-state index in [1.165, 1.54) is 6.33 Å². The summed E-state index contributed by atoms with van der Waals surface area (Å²) in [5, 5.41) is 12.5. The molecule has 0 bridgehead atoms. The van der Waals surface area contributed by atoms with Crippen LogP contribution in [0, 0.1) is 0 Å². The second-order valence-electron chi connectivity index (χ2n) is 5.15. The third kappa shape index (κ3) is 3.13. The van der Waals surface area contributed by atoms with Gasteiger partial charge in [-0.2, -0.15) is 0 Å². The van der Waals surface area contributed by atoms with Crippen LogP contribution in [-0.2, 0) is 17.8 Å². The number of carboxylic acids is 1. The third-order valence-electron chi connectivity index (χ3n) is 3.63. The van der Waals surface area contributed by atoms with Crippen molar-refractivity contribution in [3.63, 3.8) is 0 Å². The van der Waals surface area contributed by atoms with E-state index >= 15 is 0 Å². The van der Waals surface area contributed by atoms with E-state index in [1.54, 1.807) is 6.33 Å². The zero-order valence-corrected chi connectivity index (χ0v) is 12.7. The van der Waals surface area contributed by atoms with Crippen molar-refractivity contribution in [3.05, 3.63) is 48.5 Å². The molecule has 23 heavy (non-hydrogen) atoms. The molecule has 0 aliphatic carbocycles. The Hall–Kier alpha value is -2.96. The highest BCUT2D eigenvalue weighted by molar-refractivity contribution is 5.86. The number of fused-ring (bicyclic) bond motifs is 1. The van der Waals surface area contributed by atoms with Gasteiger partial charge in [0.2, 0.25) is 0 Å². The Kier molecular flexibility index (Phi) is 4.18. The number of aryl methyl sites for hydroxylation is 1. The van der Waals surface area contributed by atoms with E-state index in [0.717, 1.165) is 12.1 Å². The monoisotopic (exact) mass is 311 g/mol. The van der Waals surface area contributed by atoms with Gasteiger partial charge >= 0.3 is 5.97 Å². The summed E-state index contributed by atoms with van der Waals surface area (Å²) in [6.07, 6.45) is 3.45. The van der Waals surface area contributed by atoms with Crippen molar-refractivity contribution in [2.24, 2.45) is 0 Å². The number of nitrogens with one attached hydrogen (secondary N) is 1. The molecule has 118 valence electrons. The van der Waals surface area contributed by atoms with Gasteiger partial charge < -0.3 is 15.0 Å². The Morgan fingerprint density at radius 3 is 2.74 bits per heavy atom. The highest BCUT2D eigenvalue weighted by Crippen LogP contribution is 2.19. The number of hydrogen-bond acceptors (Lipinski definition) is 5. The molecule has 7 heteroatoms. The molecule has 3 rings (SSSR count). The first-order valence-electron chi connectivity index (χ1n) is 7.38. The van der Waals surface area contributed by atoms with Crippen molar-refractivity contribution in [2.75, 3.05) is 5.32 Å². The Bertz CT molecular complexity index is 816. The van der Waals surface area contributed by atoms with Crippen LogP contribution in [0.1, 0.15) is 12.5 Å². The zero-order chi connectivity index (χ0) is 16.2. The van der Waals surface area contributed by atoms with Crippen molar-refractivity contribution in [3.8, 4) is 0 Å². The van der Waals surface area contributed by atoms with E-state index in [2.05, 4.69) is 20.3 Å². The number of carbonyl (C=O) groups is 1. The minimum atomic E-state index is -0.935. The summed E-state index contributed by atoms with van der Waals surface area (Å²) in [5.74, 6) is -0.499. The van der Waals surface area contributed by atoms with E-state index in [1.807, 2.05) is 41.8 Å². The van der Waals surface area contributed by atoms with Crippen molar-refractivity contribution in [1.82, 2.24) is 19.5 Å². The Labute approximate surface area is 133 Å². The predicted octanol–water partition coefficient (Wildman–Crippen LogP) is 1.95. The van der Waals surface area contributed by atoms with Gasteiger partial charge in [0.05, 0.1) is 6.33 Å². The highest BCUT2D eigenvalue weighted by Gasteiger charge is 2.20. The quantitative estimate of drug-likeness (QED) is 0.723. The molecule has 0 spiro atoms. The summed E-state index contributed by atoms with van der Waals surface area (Å²) >= 11 is 0. The van der Waals surface area contributed by atoms with Crippen LogP contribution in [0.4, 0.5) is 5.82 Å². The van der Waals surface area contributed by atoms with Gasteiger partial charge in [0.25, 0.3) is 0 Å². The number of benzene rings is 1. The molecule has 7 nitrogen and oxygen atoms in total. The van der Waals surface area contributed by atoms with E-state index in [0.29, 0.717) is 23.4 Å². The van der Waals surface area contributed by atoms with Gasteiger partial charge in [-0.05, 0) is 12.5 Å². The maximum atomic E-state index is 11.6. The maximum absolute atomic E-state index is 11.6. The minimum Gasteiger partial charge on any atom is -0.480 e. The molecule has 2 N–H and O–H groups in total. The number of imidazole rings is 1. The number of aromatic nitrogens is 4. The average molecular weight is 311 g/mol. The summed E-state index contributed by atoms with van der Waals surface area (Å²) < 4.78 is 1.88. The first kappa shape index (κ1) is 15.0. The lowest BCUT2D eigenvalue weighted by atomic mass is 10.1. The number of carboxylic acid groups (broad SMARTS) is 1. The number of nitrogens with zero attached hydrogens (tertiary/aromatic N) is 4. The molecule has 0 saturated carbocycles. The molecule has 1 atom stereocenters. The Morgan fingerprint density at radius 2 is 2.04 bits per heavy atom. The lowest BCUT2D eigenvalue weighted by Crippen LogP contribution is -2.32. The molecule has 1 aromatic carbocycles. The van der Waals surface area contributed by atoms with Gasteiger partial charge in [0.15, 0.2) is 11.5 Å². The molecule has 0 radical (unpaired) electrons. The zero-order valence-electron chi connectivity index (χ0n) is 12.7. The van der Waals surface area contributed by atoms with Crippen molar-refractivity contribution in [1.29, 1.82) is 0 Å². The van der Waals surface area contributed by atoms with Crippen LogP contribution >= 0.6 is 0 Å². The second kappa shape index (κ2) is 6.43. The molecule has 0 unspecified atom stereocenters. The molecule has 0 saturated heterocycles. The van der Waals surface area contributed by atoms with Gasteiger partial charge in [0.1, 0.15) is 17.9 Å². The van der Waals surface area contributed by atoms with Crippen LogP contribution in [-0.4, -0.2) is 36.6 Å². The molecule has 2 aromatic heterocycles. The summed E-state index contributed by atoms with van der Waals surface area (Å²) in [5.41, 5.74) is 2.21. The fraction of sp³-hybridized carbons (Fsp3) is 0.250. The molecule has 0 aliphatic rings.